The molecule has 0 fully saturated rings. The number of alkyl carbamates (subject to hydrolysis) is 1. The summed E-state index contributed by atoms with van der Waals surface area (Å²) in [5.41, 5.74) is -0.476. The minimum absolute atomic E-state index is 0.185. The van der Waals surface area contributed by atoms with Gasteiger partial charge in [-0.05, 0) is 39.5 Å². The van der Waals surface area contributed by atoms with Crippen LogP contribution in [0.1, 0.15) is 60.2 Å². The molecular formula is C18H34N4O2. The molecule has 1 amide bonds. The molecule has 1 unspecified atom stereocenters. The van der Waals surface area contributed by atoms with E-state index in [1.807, 2.05) is 33.2 Å². The first-order chi connectivity index (χ1) is 11.2. The van der Waals surface area contributed by atoms with Gasteiger partial charge in [-0.3, -0.25) is 0 Å². The van der Waals surface area contributed by atoms with Gasteiger partial charge >= 0.3 is 6.09 Å². The lowest BCUT2D eigenvalue weighted by Crippen LogP contribution is -2.43. The first-order valence-electron chi connectivity index (χ1n) is 8.91. The summed E-state index contributed by atoms with van der Waals surface area (Å²) in [7, 11) is 0. The first kappa shape index (κ1) is 20.5. The topological polar surface area (TPSA) is 68.2 Å². The van der Waals surface area contributed by atoms with Gasteiger partial charge in [0.2, 0.25) is 0 Å². The van der Waals surface area contributed by atoms with Gasteiger partial charge in [-0.1, -0.05) is 20.8 Å². The second-order valence-corrected chi connectivity index (χ2v) is 7.63. The van der Waals surface area contributed by atoms with Crippen molar-refractivity contribution in [1.82, 2.24) is 20.2 Å². The van der Waals surface area contributed by atoms with Gasteiger partial charge in [0.1, 0.15) is 11.4 Å². The van der Waals surface area contributed by atoms with E-state index in [1.54, 1.807) is 0 Å². The number of hydrogen-bond donors (Lipinski definition) is 2. The average molecular weight is 338 g/mol. The van der Waals surface area contributed by atoms with Crippen LogP contribution in [0.25, 0.3) is 0 Å². The zero-order valence-electron chi connectivity index (χ0n) is 16.1. The second-order valence-electron chi connectivity index (χ2n) is 7.63. The molecule has 0 aromatic carbocycles. The molecule has 0 aliphatic heterocycles. The normalized spacial score (nSPS) is 13.1. The molecule has 1 rings (SSSR count). The van der Waals surface area contributed by atoms with Gasteiger partial charge in [0, 0.05) is 31.5 Å². The van der Waals surface area contributed by atoms with Crippen LogP contribution >= 0.6 is 0 Å². The molecule has 2 N–H and O–H groups in total. The Hall–Kier alpha value is -1.56. The van der Waals surface area contributed by atoms with E-state index >= 15 is 0 Å². The summed E-state index contributed by atoms with van der Waals surface area (Å²) in [5.74, 6) is 1.57. The lowest BCUT2D eigenvalue weighted by Gasteiger charge is -2.23. The highest BCUT2D eigenvalue weighted by atomic mass is 16.6. The smallest absolute Gasteiger partial charge is 0.407 e. The molecule has 0 saturated carbocycles. The summed E-state index contributed by atoms with van der Waals surface area (Å²) >= 11 is 0. The maximum atomic E-state index is 11.8. The molecule has 0 radical (unpaired) electrons. The molecule has 1 heterocycles. The quantitative estimate of drug-likeness (QED) is 0.725. The van der Waals surface area contributed by atoms with Crippen molar-refractivity contribution in [3.05, 3.63) is 18.2 Å². The third-order valence-electron chi connectivity index (χ3n) is 3.46. The van der Waals surface area contributed by atoms with Gasteiger partial charge in [0.05, 0.1) is 6.54 Å². The van der Waals surface area contributed by atoms with Crippen LogP contribution in [0.5, 0.6) is 0 Å². The van der Waals surface area contributed by atoms with E-state index in [0.717, 1.165) is 25.2 Å². The number of hydrogen-bond acceptors (Lipinski definition) is 4. The van der Waals surface area contributed by atoms with Crippen molar-refractivity contribution < 1.29 is 9.53 Å². The minimum Gasteiger partial charge on any atom is -0.444 e. The highest BCUT2D eigenvalue weighted by Crippen LogP contribution is 2.08. The van der Waals surface area contributed by atoms with Crippen LogP contribution in [0.2, 0.25) is 0 Å². The molecule has 1 atom stereocenters. The van der Waals surface area contributed by atoms with Crippen molar-refractivity contribution in [3.8, 4) is 0 Å². The summed E-state index contributed by atoms with van der Waals surface area (Å²) < 4.78 is 7.47. The fraction of sp³-hybridized carbons (Fsp3) is 0.778. The molecule has 0 bridgehead atoms. The van der Waals surface area contributed by atoms with Crippen LogP contribution in [-0.2, 0) is 17.8 Å². The molecule has 1 aromatic heterocycles. The number of carbonyl (C=O) groups is 1. The van der Waals surface area contributed by atoms with Gasteiger partial charge in [-0.25, -0.2) is 9.78 Å². The van der Waals surface area contributed by atoms with Gasteiger partial charge in [0.25, 0.3) is 0 Å². The Labute approximate surface area is 146 Å². The number of carbonyl (C=O) groups excluding carboxylic acids is 1. The van der Waals surface area contributed by atoms with Crippen LogP contribution in [0.3, 0.4) is 0 Å². The highest BCUT2D eigenvalue weighted by Gasteiger charge is 2.18. The Morgan fingerprint density at radius 3 is 2.67 bits per heavy atom. The molecule has 0 aliphatic rings. The van der Waals surface area contributed by atoms with Crippen LogP contribution in [-0.4, -0.2) is 33.8 Å². The molecule has 24 heavy (non-hydrogen) atoms. The molecule has 6 heteroatoms. The predicted molar refractivity (Wildman–Crippen MR) is 96.8 cm³/mol. The summed E-state index contributed by atoms with van der Waals surface area (Å²) in [6.07, 6.45) is 5.54. The molecule has 6 nitrogen and oxygen atoms in total. The van der Waals surface area contributed by atoms with Crippen molar-refractivity contribution in [2.24, 2.45) is 5.92 Å². The first-order valence-corrected chi connectivity index (χ1v) is 8.91. The van der Waals surface area contributed by atoms with Gasteiger partial charge < -0.3 is 19.9 Å². The van der Waals surface area contributed by atoms with Crippen molar-refractivity contribution in [3.63, 3.8) is 0 Å². The number of ether oxygens (including phenoxy) is 1. The Kier molecular flexibility index (Phi) is 8.25. The van der Waals surface area contributed by atoms with E-state index in [4.69, 9.17) is 4.74 Å². The van der Waals surface area contributed by atoms with Crippen molar-refractivity contribution in [2.45, 2.75) is 79.1 Å². The SMILES string of the molecule is CCCn1ccnc1CNC(CNC(=O)OC(C)(C)C)CC(C)C. The van der Waals surface area contributed by atoms with Gasteiger partial charge in [-0.2, -0.15) is 0 Å². The third kappa shape index (κ3) is 8.34. The lowest BCUT2D eigenvalue weighted by atomic mass is 10.0. The van der Waals surface area contributed by atoms with Crippen LogP contribution in [0.15, 0.2) is 12.4 Å². The fourth-order valence-electron chi connectivity index (χ4n) is 2.52. The third-order valence-corrected chi connectivity index (χ3v) is 3.46. The number of amides is 1. The number of rotatable bonds is 9. The van der Waals surface area contributed by atoms with E-state index in [0.29, 0.717) is 19.0 Å². The van der Waals surface area contributed by atoms with Crippen LogP contribution < -0.4 is 10.6 Å². The van der Waals surface area contributed by atoms with Crippen molar-refractivity contribution >= 4 is 6.09 Å². The maximum absolute atomic E-state index is 11.8. The molecule has 138 valence electrons. The average Bonchev–Trinajstić information content (AvgIpc) is 2.87. The monoisotopic (exact) mass is 338 g/mol. The van der Waals surface area contributed by atoms with E-state index in [-0.39, 0.29) is 12.1 Å². The molecular weight excluding hydrogens is 304 g/mol. The number of imidazole rings is 1. The highest BCUT2D eigenvalue weighted by molar-refractivity contribution is 5.67. The van der Waals surface area contributed by atoms with E-state index in [2.05, 4.69) is 41.0 Å². The molecule has 0 saturated heterocycles. The van der Waals surface area contributed by atoms with E-state index < -0.39 is 5.60 Å². The maximum Gasteiger partial charge on any atom is 0.407 e. The largest absolute Gasteiger partial charge is 0.444 e. The summed E-state index contributed by atoms with van der Waals surface area (Å²) in [6, 6.07) is 0.185. The number of nitrogens with one attached hydrogen (secondary N) is 2. The zero-order valence-corrected chi connectivity index (χ0v) is 16.1. The van der Waals surface area contributed by atoms with Gasteiger partial charge in [-0.15, -0.1) is 0 Å². The van der Waals surface area contributed by atoms with E-state index in [9.17, 15) is 4.79 Å². The zero-order chi connectivity index (χ0) is 18.2. The predicted octanol–water partition coefficient (Wildman–Crippen LogP) is 3.32. The Morgan fingerprint density at radius 2 is 2.08 bits per heavy atom. The Bertz CT molecular complexity index is 491. The van der Waals surface area contributed by atoms with Crippen LogP contribution in [0, 0.1) is 5.92 Å². The van der Waals surface area contributed by atoms with Crippen molar-refractivity contribution in [2.75, 3.05) is 6.54 Å². The summed E-state index contributed by atoms with van der Waals surface area (Å²) in [4.78, 5) is 16.3. The fourth-order valence-corrected chi connectivity index (χ4v) is 2.52. The standard InChI is InChI=1S/C18H34N4O2/c1-7-9-22-10-8-19-16(22)13-20-15(11-14(2)3)12-21-17(23)24-18(4,5)6/h8,10,14-15,20H,7,9,11-13H2,1-6H3,(H,21,23). The second kappa shape index (κ2) is 9.67. The summed E-state index contributed by atoms with van der Waals surface area (Å²) in [6.45, 7) is 14.3. The van der Waals surface area contributed by atoms with Crippen molar-refractivity contribution in [1.29, 1.82) is 0 Å². The number of aromatic nitrogens is 2. The lowest BCUT2D eigenvalue weighted by molar-refractivity contribution is 0.0520. The Morgan fingerprint density at radius 1 is 1.38 bits per heavy atom. The molecule has 0 spiro atoms. The minimum atomic E-state index is -0.476. The number of aryl methyl sites for hydroxylation is 1. The summed E-state index contributed by atoms with van der Waals surface area (Å²) in [5, 5.41) is 6.38. The van der Waals surface area contributed by atoms with Crippen LogP contribution in [0.4, 0.5) is 4.79 Å². The van der Waals surface area contributed by atoms with Gasteiger partial charge in [0.15, 0.2) is 0 Å². The Balaban J connectivity index is 2.52. The number of nitrogens with zero attached hydrogens (tertiary/aromatic N) is 2. The molecule has 1 aromatic rings. The molecule has 0 aliphatic carbocycles. The van der Waals surface area contributed by atoms with E-state index in [1.165, 1.54) is 0 Å².